The van der Waals surface area contributed by atoms with Crippen molar-refractivity contribution in [3.63, 3.8) is 0 Å². The van der Waals surface area contributed by atoms with Gasteiger partial charge in [0.2, 0.25) is 0 Å². The Kier molecular flexibility index (Phi) is 4.67. The number of carbonyl (C=O) groups excluding carboxylic acids is 4. The molecule has 6 unspecified atom stereocenters. The Morgan fingerprint density at radius 1 is 1.09 bits per heavy atom. The molecule has 1 aromatic carbocycles. The number of phenols is 1. The van der Waals surface area contributed by atoms with E-state index in [4.69, 9.17) is 27.9 Å². The molecule has 1 aromatic rings. The van der Waals surface area contributed by atoms with Crippen molar-refractivity contribution in [3.05, 3.63) is 35.4 Å². The summed E-state index contributed by atoms with van der Waals surface area (Å²) in [6.45, 7) is 0. The fraction of sp³-hybridized carbons (Fsp3) is 0.455. The number of aromatic hydroxyl groups is 1. The van der Waals surface area contributed by atoms with Crippen LogP contribution in [-0.4, -0.2) is 67.8 Å². The number of amides is 4. The molecule has 4 amide bonds. The average molecular weight is 495 g/mol. The lowest BCUT2D eigenvalue weighted by Gasteiger charge is -2.50. The van der Waals surface area contributed by atoms with Crippen LogP contribution in [0, 0.1) is 17.8 Å². The number of alkyl halides is 2. The van der Waals surface area contributed by atoms with Crippen LogP contribution in [0.1, 0.15) is 24.3 Å². The van der Waals surface area contributed by atoms with Crippen LogP contribution in [0.25, 0.3) is 0 Å². The monoisotopic (exact) mass is 494 g/mol. The summed E-state index contributed by atoms with van der Waals surface area (Å²) >= 11 is 13.9. The van der Waals surface area contributed by atoms with Crippen molar-refractivity contribution >= 4 is 46.8 Å². The van der Waals surface area contributed by atoms with E-state index in [2.05, 4.69) is 0 Å². The van der Waals surface area contributed by atoms with Gasteiger partial charge in [0.15, 0.2) is 21.2 Å². The highest BCUT2D eigenvalue weighted by molar-refractivity contribution is 6.53. The fourth-order valence-electron chi connectivity index (χ4n) is 5.99. The first kappa shape index (κ1) is 22.2. The number of hydroxylamine groups is 2. The second kappa shape index (κ2) is 6.94. The highest BCUT2D eigenvalue weighted by Gasteiger charge is 2.75. The molecule has 0 spiro atoms. The van der Waals surface area contributed by atoms with Crippen LogP contribution in [0.5, 0.6) is 11.5 Å². The summed E-state index contributed by atoms with van der Waals surface area (Å²) in [5.74, 6) is -6.33. The van der Waals surface area contributed by atoms with Gasteiger partial charge in [-0.1, -0.05) is 17.7 Å². The van der Waals surface area contributed by atoms with Gasteiger partial charge in [-0.2, -0.15) is 5.06 Å². The number of imide groups is 2. The highest BCUT2D eigenvalue weighted by Crippen LogP contribution is 2.65. The quantitative estimate of drug-likeness (QED) is 0.277. The minimum Gasteiger partial charge on any atom is -0.504 e. The van der Waals surface area contributed by atoms with Crippen molar-refractivity contribution in [3.8, 4) is 11.5 Å². The number of hydrogen-bond acceptors (Lipinski definition) is 7. The van der Waals surface area contributed by atoms with E-state index in [0.717, 1.165) is 4.90 Å². The Morgan fingerprint density at radius 2 is 1.79 bits per heavy atom. The largest absolute Gasteiger partial charge is 0.504 e. The minimum atomic E-state index is -1.93. The molecule has 4 aliphatic rings. The van der Waals surface area contributed by atoms with Crippen LogP contribution < -0.4 is 4.74 Å². The molecule has 11 heteroatoms. The molecule has 0 bridgehead atoms. The SMILES string of the molecule is COc1ccc(C2C3=CCC4C(=O)N(O)C(=O)C4C3CC3(Cl)C(=O)N(C)C(=O)C23Cl)cc1O. The topological polar surface area (TPSA) is 124 Å². The van der Waals surface area contributed by atoms with Crippen LogP contribution in [-0.2, 0) is 19.2 Å². The maximum Gasteiger partial charge on any atom is 0.257 e. The van der Waals surface area contributed by atoms with E-state index < -0.39 is 57.0 Å². The number of allylic oxidation sites excluding steroid dienone is 2. The molecule has 3 fully saturated rings. The molecular weight excluding hydrogens is 475 g/mol. The van der Waals surface area contributed by atoms with E-state index >= 15 is 0 Å². The lowest BCUT2D eigenvalue weighted by Crippen LogP contribution is -2.60. The molecule has 2 aliphatic carbocycles. The van der Waals surface area contributed by atoms with Crippen molar-refractivity contribution in [1.82, 2.24) is 9.96 Å². The first-order valence-electron chi connectivity index (χ1n) is 10.3. The zero-order chi connectivity index (χ0) is 24.0. The third-order valence-corrected chi connectivity index (χ3v) is 8.94. The predicted octanol–water partition coefficient (Wildman–Crippen LogP) is 1.78. The van der Waals surface area contributed by atoms with Gasteiger partial charge in [-0.25, -0.2) is 0 Å². The smallest absolute Gasteiger partial charge is 0.257 e. The molecule has 1 saturated carbocycles. The molecular formula is C22H20Cl2N2O7. The number of fused-ring (bicyclic) bond motifs is 4. The first-order chi connectivity index (χ1) is 15.5. The number of hydrogen-bond donors (Lipinski definition) is 2. The van der Waals surface area contributed by atoms with Crippen molar-refractivity contribution in [2.24, 2.45) is 17.8 Å². The molecule has 174 valence electrons. The number of halogens is 2. The molecule has 33 heavy (non-hydrogen) atoms. The third-order valence-electron chi connectivity index (χ3n) is 7.53. The Balaban J connectivity index is 1.75. The predicted molar refractivity (Wildman–Crippen MR) is 114 cm³/mol. The number of carbonyl (C=O) groups is 4. The summed E-state index contributed by atoms with van der Waals surface area (Å²) in [5.41, 5.74) is 0.969. The van der Waals surface area contributed by atoms with Gasteiger partial charge in [-0.3, -0.25) is 29.3 Å². The van der Waals surface area contributed by atoms with Gasteiger partial charge in [0.25, 0.3) is 23.6 Å². The Hall–Kier alpha value is -2.62. The van der Waals surface area contributed by atoms with E-state index in [1.807, 2.05) is 0 Å². The summed E-state index contributed by atoms with van der Waals surface area (Å²) in [4.78, 5) is 48.8. The van der Waals surface area contributed by atoms with Gasteiger partial charge in [0, 0.05) is 13.0 Å². The Morgan fingerprint density at radius 3 is 2.42 bits per heavy atom. The lowest BCUT2D eigenvalue weighted by atomic mass is 9.56. The standard InChI is InChI=1S/C22H20Cl2N2O7/c1-25-19(30)21(23)8-12-10(4-5-11-15(12)18(29)26(32)17(11)28)16(22(21,24)20(25)31)9-3-6-14(33-2)13(27)7-9/h3-4,6-7,11-12,15-16,27,32H,5,8H2,1-2H3. The Labute approximate surface area is 198 Å². The van der Waals surface area contributed by atoms with E-state index in [1.54, 1.807) is 12.1 Å². The number of methoxy groups -OCH3 is 1. The number of rotatable bonds is 2. The van der Waals surface area contributed by atoms with Crippen molar-refractivity contribution < 1.29 is 34.2 Å². The number of nitrogens with zero attached hydrogens (tertiary/aromatic N) is 2. The minimum absolute atomic E-state index is 0.123. The maximum absolute atomic E-state index is 13.3. The fourth-order valence-corrected chi connectivity index (χ4v) is 7.01. The van der Waals surface area contributed by atoms with E-state index in [0.29, 0.717) is 11.1 Å². The third kappa shape index (κ3) is 2.53. The second-order valence-electron chi connectivity index (χ2n) is 8.92. The van der Waals surface area contributed by atoms with Crippen molar-refractivity contribution in [2.75, 3.05) is 14.2 Å². The average Bonchev–Trinajstić information content (AvgIpc) is 3.08. The normalized spacial score (nSPS) is 37.7. The number of likely N-dealkylation sites (tertiary alicyclic amines) is 1. The summed E-state index contributed by atoms with van der Waals surface area (Å²) in [7, 11) is 2.68. The first-order valence-corrected chi connectivity index (χ1v) is 11.1. The number of phenolic OH excluding ortho intramolecular Hbond substituents is 1. The van der Waals surface area contributed by atoms with Gasteiger partial charge < -0.3 is 9.84 Å². The van der Waals surface area contributed by atoms with E-state index in [-0.39, 0.29) is 29.4 Å². The summed E-state index contributed by atoms with van der Waals surface area (Å²) in [5, 5.41) is 20.5. The van der Waals surface area contributed by atoms with Gasteiger partial charge in [-0.15, -0.1) is 23.2 Å². The zero-order valence-electron chi connectivity index (χ0n) is 17.6. The summed E-state index contributed by atoms with van der Waals surface area (Å²) in [6, 6.07) is 4.49. The van der Waals surface area contributed by atoms with Crippen molar-refractivity contribution in [1.29, 1.82) is 0 Å². The molecule has 2 aliphatic heterocycles. The van der Waals surface area contributed by atoms with Gasteiger partial charge in [0.1, 0.15) is 0 Å². The van der Waals surface area contributed by atoms with Gasteiger partial charge in [-0.05, 0) is 36.5 Å². The van der Waals surface area contributed by atoms with Crippen molar-refractivity contribution in [2.45, 2.75) is 28.5 Å². The molecule has 5 rings (SSSR count). The van der Waals surface area contributed by atoms with E-state index in [1.165, 1.54) is 26.3 Å². The summed E-state index contributed by atoms with van der Waals surface area (Å²) < 4.78 is 5.11. The molecule has 2 heterocycles. The second-order valence-corrected chi connectivity index (χ2v) is 10.2. The van der Waals surface area contributed by atoms with Crippen LogP contribution in [0.15, 0.2) is 29.8 Å². The highest BCUT2D eigenvalue weighted by atomic mass is 35.5. The van der Waals surface area contributed by atoms with Crippen LogP contribution in [0.4, 0.5) is 0 Å². The Bertz CT molecular complexity index is 1170. The number of benzene rings is 1. The summed E-state index contributed by atoms with van der Waals surface area (Å²) in [6.07, 6.45) is 1.72. The molecule has 2 N–H and O–H groups in total. The van der Waals surface area contributed by atoms with Crippen LogP contribution in [0.3, 0.4) is 0 Å². The molecule has 9 nitrogen and oxygen atoms in total. The molecule has 0 radical (unpaired) electrons. The molecule has 0 aromatic heterocycles. The molecule has 2 saturated heterocycles. The zero-order valence-corrected chi connectivity index (χ0v) is 19.1. The van der Waals surface area contributed by atoms with Crippen LogP contribution >= 0.6 is 23.2 Å². The number of ether oxygens (including phenoxy) is 1. The van der Waals surface area contributed by atoms with Gasteiger partial charge >= 0.3 is 0 Å². The lowest BCUT2D eigenvalue weighted by molar-refractivity contribution is -0.173. The maximum atomic E-state index is 13.3. The van der Waals surface area contributed by atoms with Crippen LogP contribution in [0.2, 0.25) is 0 Å². The van der Waals surface area contributed by atoms with E-state index in [9.17, 15) is 29.5 Å². The molecule has 6 atom stereocenters. The van der Waals surface area contributed by atoms with Gasteiger partial charge in [0.05, 0.1) is 18.9 Å².